The van der Waals surface area contributed by atoms with Crippen LogP contribution in [-0.2, 0) is 6.61 Å². The fourth-order valence-corrected chi connectivity index (χ4v) is 1.62. The van der Waals surface area contributed by atoms with E-state index >= 15 is 0 Å². The number of hydrogen-bond acceptors (Lipinski definition) is 5. The Morgan fingerprint density at radius 3 is 2.63 bits per heavy atom. The van der Waals surface area contributed by atoms with Crippen LogP contribution in [0.25, 0.3) is 0 Å². The molecule has 2 aromatic carbocycles. The topological polar surface area (TPSA) is 98.6 Å². The van der Waals surface area contributed by atoms with Crippen molar-refractivity contribution in [2.75, 3.05) is 5.73 Å². The minimum atomic E-state index is -0.555. The lowest BCUT2D eigenvalue weighted by atomic mass is 10.2. The van der Waals surface area contributed by atoms with Crippen molar-refractivity contribution in [2.24, 2.45) is 0 Å². The molecular weight excluding hydrogens is 248 g/mol. The Bertz CT molecular complexity index is 613. The lowest BCUT2D eigenvalue weighted by molar-refractivity contribution is -0.383. The van der Waals surface area contributed by atoms with Crippen LogP contribution in [0.3, 0.4) is 0 Å². The average Bonchev–Trinajstić information content (AvgIpc) is 2.39. The molecule has 6 heteroatoms. The Morgan fingerprint density at radius 1 is 1.26 bits per heavy atom. The third kappa shape index (κ3) is 2.80. The maximum atomic E-state index is 10.6. The summed E-state index contributed by atoms with van der Waals surface area (Å²) in [6, 6.07) is 11.1. The zero-order valence-electron chi connectivity index (χ0n) is 9.95. The molecule has 0 heterocycles. The Kier molecular flexibility index (Phi) is 3.63. The molecule has 0 bridgehead atoms. The highest BCUT2D eigenvalue weighted by molar-refractivity contribution is 5.61. The molecule has 0 aliphatic carbocycles. The molecule has 0 unspecified atom stereocenters. The van der Waals surface area contributed by atoms with Crippen LogP contribution in [0, 0.1) is 10.1 Å². The van der Waals surface area contributed by atoms with Crippen molar-refractivity contribution in [1.29, 1.82) is 0 Å². The molecule has 98 valence electrons. The SMILES string of the molecule is Nc1cc(Oc2ccccc2CO)ccc1[N+](=O)[O-]. The van der Waals surface area contributed by atoms with E-state index < -0.39 is 4.92 Å². The zero-order chi connectivity index (χ0) is 13.8. The van der Waals surface area contributed by atoms with Crippen molar-refractivity contribution >= 4 is 11.4 Å². The molecule has 0 amide bonds. The Labute approximate surface area is 109 Å². The molecule has 0 aliphatic heterocycles. The lowest BCUT2D eigenvalue weighted by Gasteiger charge is -2.09. The number of nitro benzene ring substituents is 1. The van der Waals surface area contributed by atoms with Gasteiger partial charge in [0.2, 0.25) is 0 Å². The number of para-hydroxylation sites is 1. The maximum absolute atomic E-state index is 10.6. The highest BCUT2D eigenvalue weighted by atomic mass is 16.6. The van der Waals surface area contributed by atoms with E-state index in [2.05, 4.69) is 0 Å². The van der Waals surface area contributed by atoms with Crippen molar-refractivity contribution in [3.05, 3.63) is 58.1 Å². The van der Waals surface area contributed by atoms with Gasteiger partial charge in [-0.25, -0.2) is 0 Å². The predicted molar refractivity (Wildman–Crippen MR) is 69.9 cm³/mol. The molecule has 0 atom stereocenters. The maximum Gasteiger partial charge on any atom is 0.292 e. The normalized spacial score (nSPS) is 10.2. The van der Waals surface area contributed by atoms with Crippen molar-refractivity contribution in [3.63, 3.8) is 0 Å². The minimum Gasteiger partial charge on any atom is -0.457 e. The number of benzene rings is 2. The van der Waals surface area contributed by atoms with Crippen LogP contribution >= 0.6 is 0 Å². The fourth-order valence-electron chi connectivity index (χ4n) is 1.62. The number of hydrogen-bond donors (Lipinski definition) is 2. The minimum absolute atomic E-state index is 0.0315. The van der Waals surface area contributed by atoms with E-state index in [1.165, 1.54) is 18.2 Å². The third-order valence-electron chi connectivity index (χ3n) is 2.57. The summed E-state index contributed by atoms with van der Waals surface area (Å²) in [5.74, 6) is 0.863. The van der Waals surface area contributed by atoms with Crippen LogP contribution < -0.4 is 10.5 Å². The second-order valence-electron chi connectivity index (χ2n) is 3.85. The van der Waals surface area contributed by atoms with Gasteiger partial charge in [-0.05, 0) is 12.1 Å². The van der Waals surface area contributed by atoms with E-state index in [1.807, 2.05) is 0 Å². The summed E-state index contributed by atoms with van der Waals surface area (Å²) in [6.45, 7) is -0.154. The Balaban J connectivity index is 2.29. The van der Waals surface area contributed by atoms with Gasteiger partial charge in [0.05, 0.1) is 11.5 Å². The van der Waals surface area contributed by atoms with Crippen LogP contribution in [0.4, 0.5) is 11.4 Å². The van der Waals surface area contributed by atoms with Crippen LogP contribution in [0.1, 0.15) is 5.56 Å². The average molecular weight is 260 g/mol. The third-order valence-corrected chi connectivity index (χ3v) is 2.57. The van der Waals surface area contributed by atoms with Crippen molar-refractivity contribution in [3.8, 4) is 11.5 Å². The lowest BCUT2D eigenvalue weighted by Crippen LogP contribution is -1.97. The quantitative estimate of drug-likeness (QED) is 0.499. The molecule has 0 fully saturated rings. The highest BCUT2D eigenvalue weighted by Gasteiger charge is 2.12. The molecule has 0 spiro atoms. The van der Waals surface area contributed by atoms with Gasteiger partial charge in [-0.15, -0.1) is 0 Å². The van der Waals surface area contributed by atoms with E-state index in [4.69, 9.17) is 10.5 Å². The van der Waals surface area contributed by atoms with Gasteiger partial charge in [0, 0.05) is 17.7 Å². The van der Waals surface area contributed by atoms with Crippen LogP contribution in [0.2, 0.25) is 0 Å². The molecule has 2 rings (SSSR count). The van der Waals surface area contributed by atoms with Gasteiger partial charge in [-0.3, -0.25) is 10.1 Å². The van der Waals surface area contributed by atoms with Gasteiger partial charge in [0.25, 0.3) is 5.69 Å². The number of nitrogens with two attached hydrogens (primary N) is 1. The monoisotopic (exact) mass is 260 g/mol. The van der Waals surface area contributed by atoms with Gasteiger partial charge >= 0.3 is 0 Å². The molecule has 0 aromatic heterocycles. The molecule has 19 heavy (non-hydrogen) atoms. The second-order valence-corrected chi connectivity index (χ2v) is 3.85. The molecule has 2 aromatic rings. The van der Waals surface area contributed by atoms with Gasteiger partial charge < -0.3 is 15.6 Å². The first kappa shape index (κ1) is 12.8. The first-order chi connectivity index (χ1) is 9.11. The number of nitrogen functional groups attached to an aromatic ring is 1. The van der Waals surface area contributed by atoms with Crippen molar-refractivity contribution in [1.82, 2.24) is 0 Å². The van der Waals surface area contributed by atoms with Gasteiger partial charge in [0.15, 0.2) is 0 Å². The van der Waals surface area contributed by atoms with E-state index in [-0.39, 0.29) is 18.0 Å². The van der Waals surface area contributed by atoms with Crippen LogP contribution in [-0.4, -0.2) is 10.0 Å². The largest absolute Gasteiger partial charge is 0.457 e. The highest BCUT2D eigenvalue weighted by Crippen LogP contribution is 2.30. The zero-order valence-corrected chi connectivity index (χ0v) is 9.95. The summed E-state index contributed by atoms with van der Waals surface area (Å²) in [5, 5.41) is 19.8. The number of aliphatic hydroxyl groups excluding tert-OH is 1. The first-order valence-electron chi connectivity index (χ1n) is 5.52. The smallest absolute Gasteiger partial charge is 0.292 e. The number of aliphatic hydroxyl groups is 1. The number of nitro groups is 1. The standard InChI is InChI=1S/C13H12N2O4/c14-11-7-10(5-6-12(11)15(17)18)19-13-4-2-1-3-9(13)8-16/h1-7,16H,8,14H2. The van der Waals surface area contributed by atoms with Crippen molar-refractivity contribution < 1.29 is 14.8 Å². The van der Waals surface area contributed by atoms with Gasteiger partial charge in [-0.1, -0.05) is 18.2 Å². The number of nitrogens with zero attached hydrogens (tertiary/aromatic N) is 1. The second kappa shape index (κ2) is 5.36. The number of ether oxygens (including phenoxy) is 1. The summed E-state index contributed by atoms with van der Waals surface area (Å²) in [6.07, 6.45) is 0. The molecule has 0 saturated heterocycles. The molecule has 0 radical (unpaired) electrons. The summed E-state index contributed by atoms with van der Waals surface area (Å²) in [5.41, 5.74) is 6.07. The molecule has 0 aliphatic rings. The Morgan fingerprint density at radius 2 is 2.00 bits per heavy atom. The van der Waals surface area contributed by atoms with E-state index in [9.17, 15) is 15.2 Å². The summed E-state index contributed by atoms with van der Waals surface area (Å²) in [4.78, 5) is 10.1. The molecule has 6 nitrogen and oxygen atoms in total. The molecular formula is C13H12N2O4. The number of rotatable bonds is 4. The van der Waals surface area contributed by atoms with E-state index in [0.717, 1.165) is 0 Å². The number of anilines is 1. The Hall–Kier alpha value is -2.60. The molecule has 3 N–H and O–H groups in total. The van der Waals surface area contributed by atoms with Crippen molar-refractivity contribution in [2.45, 2.75) is 6.61 Å². The van der Waals surface area contributed by atoms with E-state index in [1.54, 1.807) is 24.3 Å². The van der Waals surface area contributed by atoms with E-state index in [0.29, 0.717) is 17.1 Å². The predicted octanol–water partition coefficient (Wildman–Crippen LogP) is 2.46. The van der Waals surface area contributed by atoms with Crippen LogP contribution in [0.5, 0.6) is 11.5 Å². The summed E-state index contributed by atoms with van der Waals surface area (Å²) >= 11 is 0. The molecule has 0 saturated carbocycles. The van der Waals surface area contributed by atoms with Gasteiger partial charge in [0.1, 0.15) is 17.2 Å². The summed E-state index contributed by atoms with van der Waals surface area (Å²) < 4.78 is 5.55. The fraction of sp³-hybridized carbons (Fsp3) is 0.0769. The summed E-state index contributed by atoms with van der Waals surface area (Å²) in [7, 11) is 0. The first-order valence-corrected chi connectivity index (χ1v) is 5.52. The van der Waals surface area contributed by atoms with Gasteiger partial charge in [-0.2, -0.15) is 0 Å². The van der Waals surface area contributed by atoms with Crippen LogP contribution in [0.15, 0.2) is 42.5 Å².